The molecule has 3 rings (SSSR count). The zero-order valence-electron chi connectivity index (χ0n) is 10.6. The number of quaternary nitrogens is 1. The number of hydrogen-bond acceptors (Lipinski definition) is 4. The molecular formula is C12H12ClN3O4. The summed E-state index contributed by atoms with van der Waals surface area (Å²) in [7, 11) is 0. The smallest absolute Gasteiger partial charge is 0.282 e. The van der Waals surface area contributed by atoms with Gasteiger partial charge in [-0.25, -0.2) is 0 Å². The summed E-state index contributed by atoms with van der Waals surface area (Å²) in [6.45, 7) is 3.08. The summed E-state index contributed by atoms with van der Waals surface area (Å²) in [5.41, 5.74) is -0.788. The van der Waals surface area contributed by atoms with Crippen molar-refractivity contribution < 1.29 is 32.2 Å². The van der Waals surface area contributed by atoms with Crippen LogP contribution in [-0.4, -0.2) is 40.3 Å². The first-order chi connectivity index (χ1) is 8.96. The van der Waals surface area contributed by atoms with Crippen LogP contribution in [0.5, 0.6) is 0 Å². The monoisotopic (exact) mass is 297 g/mol. The van der Waals surface area contributed by atoms with Crippen molar-refractivity contribution in [3.05, 3.63) is 39.4 Å². The van der Waals surface area contributed by atoms with Gasteiger partial charge in [0.05, 0.1) is 10.5 Å². The second kappa shape index (κ2) is 4.53. The molecule has 2 amide bonds. The maximum Gasteiger partial charge on any atom is 0.282 e. The average molecular weight is 298 g/mol. The van der Waals surface area contributed by atoms with E-state index in [0.717, 1.165) is 0 Å². The highest BCUT2D eigenvalue weighted by molar-refractivity contribution is 6.23. The van der Waals surface area contributed by atoms with Crippen molar-refractivity contribution in [2.45, 2.75) is 12.5 Å². The number of hydrogen-bond donors (Lipinski definition) is 1. The third-order valence-electron chi connectivity index (χ3n) is 3.80. The summed E-state index contributed by atoms with van der Waals surface area (Å²) in [6.07, 6.45) is 0. The first-order valence-corrected chi connectivity index (χ1v) is 5.94. The molecule has 0 unspecified atom stereocenters. The number of carbonyl (C=O) groups is 2. The summed E-state index contributed by atoms with van der Waals surface area (Å²) in [4.78, 5) is 36.2. The Morgan fingerprint density at radius 3 is 2.45 bits per heavy atom. The zero-order chi connectivity index (χ0) is 13.8. The van der Waals surface area contributed by atoms with Crippen molar-refractivity contribution in [2.75, 3.05) is 13.1 Å². The predicted molar refractivity (Wildman–Crippen MR) is 63.7 cm³/mol. The lowest BCUT2D eigenvalue weighted by Crippen LogP contribution is -3.04. The summed E-state index contributed by atoms with van der Waals surface area (Å²) in [6, 6.07) is 4.15. The number of nitrogens with two attached hydrogens (primary N) is 1. The SMILES string of the molecule is CC1(N2C(=O)c3cccc([N+](=O)[O-])c3C2=O)C[NH2+]C1.[Cl-]. The van der Waals surface area contributed by atoms with Crippen LogP contribution in [-0.2, 0) is 0 Å². The maximum absolute atomic E-state index is 12.4. The topological polar surface area (TPSA) is 97.1 Å². The quantitative estimate of drug-likeness (QED) is 0.348. The van der Waals surface area contributed by atoms with Crippen LogP contribution in [0, 0.1) is 10.1 Å². The van der Waals surface area contributed by atoms with Gasteiger partial charge in [-0.15, -0.1) is 0 Å². The van der Waals surface area contributed by atoms with Gasteiger partial charge in [0.1, 0.15) is 24.2 Å². The molecule has 0 spiro atoms. The largest absolute Gasteiger partial charge is 1.00 e. The molecule has 8 heteroatoms. The van der Waals surface area contributed by atoms with Crippen LogP contribution >= 0.6 is 0 Å². The van der Waals surface area contributed by atoms with E-state index >= 15 is 0 Å². The fourth-order valence-corrected chi connectivity index (χ4v) is 2.65. The molecule has 0 atom stereocenters. The summed E-state index contributed by atoms with van der Waals surface area (Å²) < 4.78 is 0. The second-order valence-electron chi connectivity index (χ2n) is 5.10. The van der Waals surface area contributed by atoms with Gasteiger partial charge >= 0.3 is 0 Å². The van der Waals surface area contributed by atoms with E-state index in [-0.39, 0.29) is 29.2 Å². The molecule has 2 aliphatic heterocycles. The Morgan fingerprint density at radius 2 is 1.95 bits per heavy atom. The molecule has 1 aromatic carbocycles. The number of nitro groups is 1. The van der Waals surface area contributed by atoms with E-state index in [1.54, 1.807) is 0 Å². The van der Waals surface area contributed by atoms with Crippen LogP contribution in [0.4, 0.5) is 5.69 Å². The van der Waals surface area contributed by atoms with Gasteiger partial charge in [-0.2, -0.15) is 0 Å². The Kier molecular flexibility index (Phi) is 3.27. The molecule has 20 heavy (non-hydrogen) atoms. The van der Waals surface area contributed by atoms with Gasteiger partial charge in [-0.1, -0.05) is 6.07 Å². The van der Waals surface area contributed by atoms with Gasteiger partial charge in [0.15, 0.2) is 0 Å². The lowest BCUT2D eigenvalue weighted by Gasteiger charge is -2.40. The standard InChI is InChI=1S/C12H11N3O4.ClH/c1-12(5-13-6-12)14-10(16)7-3-2-4-8(15(18)19)9(7)11(14)17;/h2-4,13H,5-6H2,1H3;1H. The molecule has 1 fully saturated rings. The summed E-state index contributed by atoms with van der Waals surface area (Å²) in [5.74, 6) is -0.984. The fourth-order valence-electron chi connectivity index (χ4n) is 2.65. The molecular weight excluding hydrogens is 286 g/mol. The minimum absolute atomic E-state index is 0. The van der Waals surface area contributed by atoms with E-state index < -0.39 is 22.3 Å². The molecule has 0 aromatic heterocycles. The highest BCUT2D eigenvalue weighted by atomic mass is 35.5. The number of amides is 2. The van der Waals surface area contributed by atoms with Crippen LogP contribution in [0.15, 0.2) is 18.2 Å². The first-order valence-electron chi connectivity index (χ1n) is 5.94. The lowest BCUT2D eigenvalue weighted by molar-refractivity contribution is -0.729. The van der Waals surface area contributed by atoms with Crippen LogP contribution in [0.2, 0.25) is 0 Å². The van der Waals surface area contributed by atoms with E-state index in [2.05, 4.69) is 0 Å². The molecule has 1 aromatic rings. The Balaban J connectivity index is 0.00000147. The van der Waals surface area contributed by atoms with E-state index in [4.69, 9.17) is 0 Å². The predicted octanol–water partition coefficient (Wildman–Crippen LogP) is -3.47. The average Bonchev–Trinajstić information content (AvgIpc) is 2.59. The molecule has 0 radical (unpaired) electrons. The molecule has 0 aliphatic carbocycles. The number of nitro benzene ring substituents is 1. The van der Waals surface area contributed by atoms with Gasteiger partial charge in [0, 0.05) is 6.07 Å². The number of halogens is 1. The van der Waals surface area contributed by atoms with E-state index in [0.29, 0.717) is 13.1 Å². The Bertz CT molecular complexity index is 627. The number of fused-ring (bicyclic) bond motifs is 1. The minimum atomic E-state index is -0.622. The molecule has 0 bridgehead atoms. The van der Waals surface area contributed by atoms with Crippen LogP contribution in [0.1, 0.15) is 27.6 Å². The minimum Gasteiger partial charge on any atom is -1.00 e. The van der Waals surface area contributed by atoms with Crippen molar-refractivity contribution >= 4 is 17.5 Å². The molecule has 7 nitrogen and oxygen atoms in total. The van der Waals surface area contributed by atoms with Crippen molar-refractivity contribution in [2.24, 2.45) is 0 Å². The van der Waals surface area contributed by atoms with Crippen LogP contribution in [0.25, 0.3) is 0 Å². The van der Waals surface area contributed by atoms with Crippen molar-refractivity contribution in [3.63, 3.8) is 0 Å². The molecule has 2 aliphatic rings. The molecule has 0 saturated carbocycles. The van der Waals surface area contributed by atoms with E-state index in [1.807, 2.05) is 12.2 Å². The highest BCUT2D eigenvalue weighted by Gasteiger charge is 2.54. The zero-order valence-corrected chi connectivity index (χ0v) is 11.4. The number of rotatable bonds is 2. The molecule has 2 N–H and O–H groups in total. The number of carbonyl (C=O) groups excluding carboxylic acids is 2. The van der Waals surface area contributed by atoms with Crippen LogP contribution in [0.3, 0.4) is 0 Å². The fraction of sp³-hybridized carbons (Fsp3) is 0.333. The van der Waals surface area contributed by atoms with Gasteiger partial charge in [-0.3, -0.25) is 24.6 Å². The van der Waals surface area contributed by atoms with Crippen LogP contribution < -0.4 is 17.7 Å². The maximum atomic E-state index is 12.4. The highest BCUT2D eigenvalue weighted by Crippen LogP contribution is 2.34. The lowest BCUT2D eigenvalue weighted by atomic mass is 9.93. The number of benzene rings is 1. The normalized spacial score (nSPS) is 19.1. The van der Waals surface area contributed by atoms with E-state index in [1.165, 1.54) is 23.1 Å². The molecule has 106 valence electrons. The third-order valence-corrected chi connectivity index (χ3v) is 3.80. The number of nitrogens with zero attached hydrogens (tertiary/aromatic N) is 2. The second-order valence-corrected chi connectivity index (χ2v) is 5.10. The first kappa shape index (κ1) is 14.4. The Labute approximate surface area is 120 Å². The number of imide groups is 1. The van der Waals surface area contributed by atoms with Crippen molar-refractivity contribution in [1.82, 2.24) is 4.90 Å². The summed E-state index contributed by atoms with van der Waals surface area (Å²) in [5, 5.41) is 13.0. The Morgan fingerprint density at radius 1 is 1.30 bits per heavy atom. The Hall–Kier alpha value is -1.99. The van der Waals surface area contributed by atoms with Gasteiger partial charge in [-0.05, 0) is 13.0 Å². The van der Waals surface area contributed by atoms with Gasteiger partial charge in [0.2, 0.25) is 0 Å². The third kappa shape index (κ3) is 1.70. The van der Waals surface area contributed by atoms with Crippen molar-refractivity contribution in [1.29, 1.82) is 0 Å². The van der Waals surface area contributed by atoms with Gasteiger partial charge in [0.25, 0.3) is 17.5 Å². The van der Waals surface area contributed by atoms with Gasteiger partial charge < -0.3 is 17.7 Å². The summed E-state index contributed by atoms with van der Waals surface area (Å²) >= 11 is 0. The molecule has 2 heterocycles. The van der Waals surface area contributed by atoms with Crippen molar-refractivity contribution in [3.8, 4) is 0 Å². The van der Waals surface area contributed by atoms with E-state index in [9.17, 15) is 19.7 Å². The molecule has 1 saturated heterocycles.